The third kappa shape index (κ3) is 6.70. The van der Waals surface area contributed by atoms with Crippen LogP contribution in [0.1, 0.15) is 30.9 Å². The van der Waals surface area contributed by atoms with Crippen LogP contribution in [0.5, 0.6) is 5.75 Å². The lowest BCUT2D eigenvalue weighted by Gasteiger charge is -2.18. The van der Waals surface area contributed by atoms with Gasteiger partial charge in [0.2, 0.25) is 10.0 Å². The van der Waals surface area contributed by atoms with Gasteiger partial charge in [0, 0.05) is 20.1 Å². The van der Waals surface area contributed by atoms with E-state index in [4.69, 9.17) is 4.74 Å². The molecular weight excluding hydrogens is 414 g/mol. The van der Waals surface area contributed by atoms with Crippen molar-refractivity contribution in [1.82, 2.24) is 10.2 Å². The number of anilines is 1. The van der Waals surface area contributed by atoms with Crippen LogP contribution < -0.4 is 14.4 Å². The third-order valence-electron chi connectivity index (χ3n) is 5.47. The molecule has 1 atom stereocenters. The minimum atomic E-state index is -3.32. The van der Waals surface area contributed by atoms with E-state index in [9.17, 15) is 13.2 Å². The molecular formula is C23H31N3O4S. The van der Waals surface area contributed by atoms with E-state index in [0.717, 1.165) is 18.4 Å². The quantitative estimate of drug-likeness (QED) is 0.642. The summed E-state index contributed by atoms with van der Waals surface area (Å²) in [6, 6.07) is 14.9. The molecule has 0 unspecified atom stereocenters. The van der Waals surface area contributed by atoms with Crippen molar-refractivity contribution in [2.24, 2.45) is 0 Å². The number of hydrogen-bond acceptors (Lipinski definition) is 5. The first kappa shape index (κ1) is 23.1. The Morgan fingerprint density at radius 2 is 1.65 bits per heavy atom. The number of rotatable bonds is 9. The second-order valence-corrected chi connectivity index (χ2v) is 10.0. The second-order valence-electron chi connectivity index (χ2n) is 8.00. The molecule has 31 heavy (non-hydrogen) atoms. The van der Waals surface area contributed by atoms with Crippen molar-refractivity contribution in [1.29, 1.82) is 0 Å². The monoisotopic (exact) mass is 445 g/mol. The highest BCUT2D eigenvalue weighted by atomic mass is 32.2. The van der Waals surface area contributed by atoms with E-state index in [1.54, 1.807) is 31.2 Å². The largest absolute Gasteiger partial charge is 0.481 e. The molecule has 1 saturated heterocycles. The van der Waals surface area contributed by atoms with Crippen LogP contribution >= 0.6 is 0 Å². The number of hydrogen-bond donors (Lipinski definition) is 1. The molecule has 0 aliphatic carbocycles. The van der Waals surface area contributed by atoms with Crippen LogP contribution in [0, 0.1) is 0 Å². The average Bonchev–Trinajstić information content (AvgIpc) is 3.25. The molecule has 0 saturated carbocycles. The standard InChI is InChI=1S/C23H31N3O4S/c1-18(30-22-12-10-21(11-13-22)25(2)31(3,28)29)23(27)24-16-19-6-8-20(9-7-19)17-26-14-4-5-15-26/h6-13,18H,4-5,14-17H2,1-3H3,(H,24,27)/t18-/m0/s1. The Morgan fingerprint density at radius 3 is 2.23 bits per heavy atom. The minimum Gasteiger partial charge on any atom is -0.481 e. The van der Waals surface area contributed by atoms with Gasteiger partial charge in [-0.05, 0) is 68.2 Å². The summed E-state index contributed by atoms with van der Waals surface area (Å²) >= 11 is 0. The van der Waals surface area contributed by atoms with E-state index in [1.165, 1.54) is 42.8 Å². The molecule has 0 radical (unpaired) electrons. The first-order chi connectivity index (χ1) is 14.7. The molecule has 7 nitrogen and oxygen atoms in total. The SMILES string of the molecule is C[C@H](Oc1ccc(N(C)S(C)(=O)=O)cc1)C(=O)NCc1ccc(CN2CCCC2)cc1. The van der Waals surface area contributed by atoms with E-state index in [0.29, 0.717) is 18.0 Å². The van der Waals surface area contributed by atoms with Gasteiger partial charge in [0.05, 0.1) is 11.9 Å². The number of likely N-dealkylation sites (tertiary alicyclic amines) is 1. The summed E-state index contributed by atoms with van der Waals surface area (Å²) in [6.07, 6.45) is 3.04. The molecule has 3 rings (SSSR count). The van der Waals surface area contributed by atoms with Gasteiger partial charge in [0.15, 0.2) is 6.10 Å². The van der Waals surface area contributed by atoms with Crippen molar-refractivity contribution >= 4 is 21.6 Å². The third-order valence-corrected chi connectivity index (χ3v) is 6.68. The molecule has 1 aliphatic heterocycles. The predicted octanol–water partition coefficient (Wildman–Crippen LogP) is 2.76. The Kier molecular flexibility index (Phi) is 7.56. The summed E-state index contributed by atoms with van der Waals surface area (Å²) in [4.78, 5) is 14.9. The van der Waals surface area contributed by atoms with Crippen LogP contribution in [0.15, 0.2) is 48.5 Å². The summed E-state index contributed by atoms with van der Waals surface area (Å²) in [5, 5.41) is 2.90. The molecule has 0 bridgehead atoms. The number of ether oxygens (including phenoxy) is 1. The second kappa shape index (κ2) is 10.2. The van der Waals surface area contributed by atoms with Crippen LogP contribution in [0.4, 0.5) is 5.69 Å². The molecule has 2 aromatic rings. The summed E-state index contributed by atoms with van der Waals surface area (Å²) in [5.74, 6) is 0.290. The zero-order valence-electron chi connectivity index (χ0n) is 18.4. The lowest BCUT2D eigenvalue weighted by Crippen LogP contribution is -2.35. The van der Waals surface area contributed by atoms with Crippen molar-refractivity contribution in [2.45, 2.75) is 39.0 Å². The van der Waals surface area contributed by atoms with E-state index < -0.39 is 16.1 Å². The van der Waals surface area contributed by atoms with Gasteiger partial charge in [0.25, 0.3) is 5.91 Å². The number of carbonyl (C=O) groups excluding carboxylic acids is 1. The van der Waals surface area contributed by atoms with Crippen molar-refractivity contribution in [2.75, 3.05) is 30.7 Å². The van der Waals surface area contributed by atoms with E-state index >= 15 is 0 Å². The molecule has 0 spiro atoms. The first-order valence-electron chi connectivity index (χ1n) is 10.5. The molecule has 2 aromatic carbocycles. The van der Waals surface area contributed by atoms with Crippen molar-refractivity contribution < 1.29 is 17.9 Å². The van der Waals surface area contributed by atoms with E-state index in [1.807, 2.05) is 12.1 Å². The van der Waals surface area contributed by atoms with Gasteiger partial charge in [-0.1, -0.05) is 24.3 Å². The van der Waals surface area contributed by atoms with Gasteiger partial charge in [-0.2, -0.15) is 0 Å². The Hall–Kier alpha value is -2.58. The highest BCUT2D eigenvalue weighted by Gasteiger charge is 2.16. The summed E-state index contributed by atoms with van der Waals surface area (Å²) < 4.78 is 30.1. The van der Waals surface area contributed by atoms with Crippen LogP contribution in [-0.4, -0.2) is 51.7 Å². The molecule has 8 heteroatoms. The highest BCUT2D eigenvalue weighted by molar-refractivity contribution is 7.92. The Balaban J connectivity index is 1.47. The molecule has 1 heterocycles. The van der Waals surface area contributed by atoms with Crippen LogP contribution in [-0.2, 0) is 27.9 Å². The zero-order valence-corrected chi connectivity index (χ0v) is 19.2. The maximum absolute atomic E-state index is 12.4. The molecule has 0 aromatic heterocycles. The fourth-order valence-corrected chi connectivity index (χ4v) is 3.98. The van der Waals surface area contributed by atoms with Gasteiger partial charge in [-0.3, -0.25) is 14.0 Å². The van der Waals surface area contributed by atoms with Crippen molar-refractivity contribution in [3.05, 3.63) is 59.7 Å². The molecule has 1 N–H and O–H groups in total. The van der Waals surface area contributed by atoms with Crippen LogP contribution in [0.3, 0.4) is 0 Å². The number of sulfonamides is 1. The average molecular weight is 446 g/mol. The van der Waals surface area contributed by atoms with Crippen molar-refractivity contribution in [3.8, 4) is 5.75 Å². The van der Waals surface area contributed by atoms with Crippen molar-refractivity contribution in [3.63, 3.8) is 0 Å². The normalized spacial score (nSPS) is 15.5. The number of amides is 1. The van der Waals surface area contributed by atoms with E-state index in [2.05, 4.69) is 22.3 Å². The van der Waals surface area contributed by atoms with Crippen LogP contribution in [0.25, 0.3) is 0 Å². The number of nitrogens with zero attached hydrogens (tertiary/aromatic N) is 2. The summed E-state index contributed by atoms with van der Waals surface area (Å²) in [7, 11) is -1.84. The fourth-order valence-electron chi connectivity index (χ4n) is 3.48. The number of benzene rings is 2. The summed E-state index contributed by atoms with van der Waals surface area (Å²) in [5.41, 5.74) is 2.86. The Labute approximate surface area is 185 Å². The maximum Gasteiger partial charge on any atom is 0.261 e. The fraction of sp³-hybridized carbons (Fsp3) is 0.435. The molecule has 1 fully saturated rings. The van der Waals surface area contributed by atoms with Crippen LogP contribution in [0.2, 0.25) is 0 Å². The summed E-state index contributed by atoms with van der Waals surface area (Å²) in [6.45, 7) is 5.45. The number of carbonyl (C=O) groups is 1. The maximum atomic E-state index is 12.4. The number of nitrogens with one attached hydrogen (secondary N) is 1. The Bertz CT molecular complexity index is 969. The molecule has 1 amide bonds. The Morgan fingerprint density at radius 1 is 1.06 bits per heavy atom. The van der Waals surface area contributed by atoms with Gasteiger partial charge in [-0.15, -0.1) is 0 Å². The topological polar surface area (TPSA) is 78.9 Å². The molecule has 168 valence electrons. The lowest BCUT2D eigenvalue weighted by molar-refractivity contribution is -0.127. The van der Waals surface area contributed by atoms with Gasteiger partial charge < -0.3 is 10.1 Å². The predicted molar refractivity (Wildman–Crippen MR) is 123 cm³/mol. The zero-order chi connectivity index (χ0) is 22.4. The van der Waals surface area contributed by atoms with E-state index in [-0.39, 0.29) is 5.91 Å². The van der Waals surface area contributed by atoms with Gasteiger partial charge in [-0.25, -0.2) is 8.42 Å². The smallest absolute Gasteiger partial charge is 0.261 e. The van der Waals surface area contributed by atoms with Gasteiger partial charge >= 0.3 is 0 Å². The minimum absolute atomic E-state index is 0.210. The lowest BCUT2D eigenvalue weighted by atomic mass is 10.1. The van der Waals surface area contributed by atoms with Gasteiger partial charge in [0.1, 0.15) is 5.75 Å². The first-order valence-corrected chi connectivity index (χ1v) is 12.4. The highest BCUT2D eigenvalue weighted by Crippen LogP contribution is 2.21. The molecule has 1 aliphatic rings.